The number of nitro groups is 1. The van der Waals surface area contributed by atoms with Gasteiger partial charge in [-0.25, -0.2) is 0 Å². The lowest BCUT2D eigenvalue weighted by Crippen LogP contribution is -2.29. The number of nitro benzene ring substituents is 1. The molecule has 2 amide bonds. The maximum absolute atomic E-state index is 12.1. The molecule has 8 nitrogen and oxygen atoms in total. The smallest absolute Gasteiger partial charge is 0.314 e. The number of methoxy groups -OCH3 is 1. The van der Waals surface area contributed by atoms with E-state index in [9.17, 15) is 19.7 Å². The van der Waals surface area contributed by atoms with Gasteiger partial charge in [0.05, 0.1) is 23.8 Å². The first-order chi connectivity index (χ1) is 12.9. The van der Waals surface area contributed by atoms with Crippen molar-refractivity contribution in [2.45, 2.75) is 26.2 Å². The van der Waals surface area contributed by atoms with Crippen LogP contribution in [0, 0.1) is 10.1 Å². The molecular formula is C19H21N3O5. The number of benzene rings is 2. The number of unbranched alkanes of at least 4 members (excludes halogenated alkanes) is 1. The molecule has 2 aromatic carbocycles. The number of nitrogens with zero attached hydrogens (tertiary/aromatic N) is 1. The first-order valence-electron chi connectivity index (χ1n) is 8.48. The van der Waals surface area contributed by atoms with Gasteiger partial charge in [0.25, 0.3) is 5.69 Å². The Balaban J connectivity index is 2.01. The molecule has 0 spiro atoms. The molecule has 0 aliphatic carbocycles. The van der Waals surface area contributed by atoms with Gasteiger partial charge in [-0.15, -0.1) is 0 Å². The summed E-state index contributed by atoms with van der Waals surface area (Å²) in [6, 6.07) is 11.0. The fraction of sp³-hybridized carbons (Fsp3) is 0.263. The third kappa shape index (κ3) is 5.53. The van der Waals surface area contributed by atoms with Crippen LogP contribution in [0.3, 0.4) is 0 Å². The summed E-state index contributed by atoms with van der Waals surface area (Å²) in [6.07, 6.45) is 3.15. The molecule has 0 heterocycles. The van der Waals surface area contributed by atoms with Crippen molar-refractivity contribution in [2.75, 3.05) is 17.7 Å². The molecular weight excluding hydrogens is 350 g/mol. The average molecular weight is 371 g/mol. The van der Waals surface area contributed by atoms with Crippen LogP contribution < -0.4 is 15.4 Å². The number of anilines is 2. The second kappa shape index (κ2) is 9.33. The fourth-order valence-electron chi connectivity index (χ4n) is 2.40. The van der Waals surface area contributed by atoms with Crippen LogP contribution in [0.2, 0.25) is 0 Å². The largest absolute Gasteiger partial charge is 0.494 e. The quantitative estimate of drug-likeness (QED) is 0.439. The fourth-order valence-corrected chi connectivity index (χ4v) is 2.40. The molecule has 2 rings (SSSR count). The number of aryl methyl sites for hydroxylation is 1. The summed E-state index contributed by atoms with van der Waals surface area (Å²) >= 11 is 0. The normalized spacial score (nSPS) is 10.1. The Kier molecular flexibility index (Phi) is 6.87. The second-order valence-corrected chi connectivity index (χ2v) is 5.85. The second-order valence-electron chi connectivity index (χ2n) is 5.85. The van der Waals surface area contributed by atoms with E-state index in [4.69, 9.17) is 4.74 Å². The summed E-state index contributed by atoms with van der Waals surface area (Å²) < 4.78 is 5.03. The molecule has 0 bridgehead atoms. The van der Waals surface area contributed by atoms with Crippen molar-refractivity contribution in [3.05, 3.63) is 58.1 Å². The lowest BCUT2D eigenvalue weighted by atomic mass is 10.1. The topological polar surface area (TPSA) is 111 Å². The molecule has 27 heavy (non-hydrogen) atoms. The Hall–Kier alpha value is -3.42. The Labute approximate surface area is 156 Å². The van der Waals surface area contributed by atoms with Crippen LogP contribution in [0.15, 0.2) is 42.5 Å². The minimum absolute atomic E-state index is 0.0885. The van der Waals surface area contributed by atoms with Crippen LogP contribution in [0.25, 0.3) is 0 Å². The summed E-state index contributed by atoms with van der Waals surface area (Å²) in [5.41, 5.74) is 1.65. The molecule has 0 aliphatic heterocycles. The van der Waals surface area contributed by atoms with E-state index >= 15 is 0 Å². The third-order valence-electron chi connectivity index (χ3n) is 3.88. The minimum atomic E-state index is -0.905. The van der Waals surface area contributed by atoms with Gasteiger partial charge in [0, 0.05) is 11.8 Å². The van der Waals surface area contributed by atoms with Crippen molar-refractivity contribution in [1.82, 2.24) is 0 Å². The molecule has 0 radical (unpaired) electrons. The number of hydrogen-bond acceptors (Lipinski definition) is 5. The van der Waals surface area contributed by atoms with E-state index in [1.165, 1.54) is 25.3 Å². The van der Waals surface area contributed by atoms with Gasteiger partial charge in [0.2, 0.25) is 0 Å². The van der Waals surface area contributed by atoms with Crippen LogP contribution in [-0.4, -0.2) is 23.8 Å². The highest BCUT2D eigenvalue weighted by Crippen LogP contribution is 2.29. The molecule has 8 heteroatoms. The number of rotatable bonds is 7. The number of hydrogen-bond donors (Lipinski definition) is 2. The molecule has 0 aliphatic rings. The zero-order valence-electron chi connectivity index (χ0n) is 15.2. The van der Waals surface area contributed by atoms with E-state index < -0.39 is 16.7 Å². The SMILES string of the molecule is CCCCc1ccc(NC(=O)C(=O)Nc2ccc([N+](=O)[O-])cc2OC)cc1. The number of carbonyl (C=O) groups is 2. The van der Waals surface area contributed by atoms with Crippen molar-refractivity contribution in [2.24, 2.45) is 0 Å². The van der Waals surface area contributed by atoms with Crippen molar-refractivity contribution in [1.29, 1.82) is 0 Å². The highest BCUT2D eigenvalue weighted by molar-refractivity contribution is 6.43. The molecule has 142 valence electrons. The maximum atomic E-state index is 12.1. The molecule has 0 atom stereocenters. The van der Waals surface area contributed by atoms with Gasteiger partial charge in [-0.2, -0.15) is 0 Å². The summed E-state index contributed by atoms with van der Waals surface area (Å²) in [5, 5.41) is 15.7. The molecule has 0 saturated heterocycles. The maximum Gasteiger partial charge on any atom is 0.314 e. The van der Waals surface area contributed by atoms with Crippen LogP contribution in [-0.2, 0) is 16.0 Å². The molecule has 2 N–H and O–H groups in total. The van der Waals surface area contributed by atoms with E-state index in [2.05, 4.69) is 17.6 Å². The number of non-ortho nitro benzene ring substituents is 1. The van der Waals surface area contributed by atoms with Crippen LogP contribution in [0.5, 0.6) is 5.75 Å². The van der Waals surface area contributed by atoms with Crippen LogP contribution in [0.4, 0.5) is 17.1 Å². The lowest BCUT2D eigenvalue weighted by Gasteiger charge is -2.10. The van der Waals surface area contributed by atoms with E-state index in [0.717, 1.165) is 24.8 Å². The summed E-state index contributed by atoms with van der Waals surface area (Å²) in [7, 11) is 1.31. The molecule has 0 aromatic heterocycles. The zero-order chi connectivity index (χ0) is 19.8. The standard InChI is InChI=1S/C19H21N3O5/c1-3-4-5-13-6-8-14(9-7-13)20-18(23)19(24)21-16-11-10-15(22(25)26)12-17(16)27-2/h6-12H,3-5H2,1-2H3,(H,20,23)(H,21,24). The number of ether oxygens (including phenoxy) is 1. The Bertz CT molecular complexity index is 834. The summed E-state index contributed by atoms with van der Waals surface area (Å²) in [6.45, 7) is 2.12. The van der Waals surface area contributed by atoms with Gasteiger partial charge in [-0.1, -0.05) is 25.5 Å². The molecule has 0 saturated carbocycles. The van der Waals surface area contributed by atoms with Crippen molar-refractivity contribution < 1.29 is 19.2 Å². The highest BCUT2D eigenvalue weighted by atomic mass is 16.6. The van der Waals surface area contributed by atoms with Gasteiger partial charge in [-0.3, -0.25) is 19.7 Å². The third-order valence-corrected chi connectivity index (χ3v) is 3.88. The number of nitrogens with one attached hydrogen (secondary N) is 2. The first kappa shape index (κ1) is 19.9. The predicted molar refractivity (Wildman–Crippen MR) is 102 cm³/mol. The summed E-state index contributed by atoms with van der Waals surface area (Å²) in [4.78, 5) is 34.4. The summed E-state index contributed by atoms with van der Waals surface area (Å²) in [5.74, 6) is -1.67. The van der Waals surface area contributed by atoms with Gasteiger partial charge in [-0.05, 0) is 36.6 Å². The average Bonchev–Trinajstić information content (AvgIpc) is 2.67. The Morgan fingerprint density at radius 2 is 1.74 bits per heavy atom. The monoisotopic (exact) mass is 371 g/mol. The van der Waals surface area contributed by atoms with E-state index in [0.29, 0.717) is 5.69 Å². The van der Waals surface area contributed by atoms with E-state index in [-0.39, 0.29) is 17.1 Å². The van der Waals surface area contributed by atoms with Crippen molar-refractivity contribution in [3.63, 3.8) is 0 Å². The van der Waals surface area contributed by atoms with Gasteiger partial charge in [0.15, 0.2) is 0 Å². The van der Waals surface area contributed by atoms with E-state index in [1.807, 2.05) is 12.1 Å². The number of amides is 2. The molecule has 0 unspecified atom stereocenters. The van der Waals surface area contributed by atoms with Crippen molar-refractivity contribution in [3.8, 4) is 5.75 Å². The highest BCUT2D eigenvalue weighted by Gasteiger charge is 2.18. The van der Waals surface area contributed by atoms with Gasteiger partial charge in [0.1, 0.15) is 5.75 Å². The minimum Gasteiger partial charge on any atom is -0.494 e. The van der Waals surface area contributed by atoms with Gasteiger partial charge >= 0.3 is 11.8 Å². The Morgan fingerprint density at radius 1 is 1.07 bits per heavy atom. The molecule has 2 aromatic rings. The van der Waals surface area contributed by atoms with Crippen LogP contribution in [0.1, 0.15) is 25.3 Å². The molecule has 0 fully saturated rings. The zero-order valence-corrected chi connectivity index (χ0v) is 15.2. The lowest BCUT2D eigenvalue weighted by molar-refractivity contribution is -0.384. The first-order valence-corrected chi connectivity index (χ1v) is 8.48. The van der Waals surface area contributed by atoms with Gasteiger partial charge < -0.3 is 15.4 Å². The predicted octanol–water partition coefficient (Wildman–Crippen LogP) is 3.52. The Morgan fingerprint density at radius 3 is 2.33 bits per heavy atom. The number of carbonyl (C=O) groups excluding carboxylic acids is 2. The van der Waals surface area contributed by atoms with Crippen LogP contribution >= 0.6 is 0 Å². The van der Waals surface area contributed by atoms with Crippen molar-refractivity contribution >= 4 is 28.9 Å². The van der Waals surface area contributed by atoms with E-state index in [1.54, 1.807) is 12.1 Å².